The summed E-state index contributed by atoms with van der Waals surface area (Å²) in [6.07, 6.45) is 0. The molecule has 0 atom stereocenters. The Morgan fingerprint density at radius 2 is 1.63 bits per heavy atom. The van der Waals surface area contributed by atoms with E-state index in [0.717, 1.165) is 33.6 Å². The van der Waals surface area contributed by atoms with Crippen molar-refractivity contribution in [3.05, 3.63) is 93.9 Å². The molecule has 1 aromatic heterocycles. The number of amides is 1. The number of nitrogens with one attached hydrogen (secondary N) is 2. The van der Waals surface area contributed by atoms with Crippen LogP contribution in [0.25, 0.3) is 11.0 Å². The third-order valence-corrected chi connectivity index (χ3v) is 5.96. The van der Waals surface area contributed by atoms with Crippen molar-refractivity contribution in [2.45, 2.75) is 27.0 Å². The van der Waals surface area contributed by atoms with Crippen molar-refractivity contribution >= 4 is 22.6 Å². The lowest BCUT2D eigenvalue weighted by Crippen LogP contribution is -2.27. The summed E-state index contributed by atoms with van der Waals surface area (Å²) in [4.78, 5) is 24.4. The van der Waals surface area contributed by atoms with Crippen LogP contribution in [0, 0.1) is 5.92 Å². The van der Waals surface area contributed by atoms with E-state index in [1.807, 2.05) is 66.7 Å². The molecule has 4 rings (SSSR count). The summed E-state index contributed by atoms with van der Waals surface area (Å²) in [6, 6.07) is 21.4. The summed E-state index contributed by atoms with van der Waals surface area (Å²) in [5.74, 6) is 1.13. The summed E-state index contributed by atoms with van der Waals surface area (Å²) >= 11 is 0. The van der Waals surface area contributed by atoms with Crippen LogP contribution in [0.15, 0.2) is 71.5 Å². The molecule has 0 aliphatic carbocycles. The average Bonchev–Trinajstić information content (AvgIpc) is 3.09. The maximum absolute atomic E-state index is 12.3. The van der Waals surface area contributed by atoms with Gasteiger partial charge in [-0.15, -0.1) is 0 Å². The van der Waals surface area contributed by atoms with Crippen LogP contribution >= 0.6 is 0 Å². The summed E-state index contributed by atoms with van der Waals surface area (Å²) in [5, 5.41) is 6.32. The number of ether oxygens (including phenoxy) is 1. The molecule has 1 amide bonds. The fourth-order valence-corrected chi connectivity index (χ4v) is 3.89. The number of fused-ring (bicyclic) bond motifs is 1. The van der Waals surface area contributed by atoms with Crippen LogP contribution in [0.1, 0.15) is 35.3 Å². The van der Waals surface area contributed by atoms with Crippen LogP contribution in [-0.2, 0) is 27.2 Å². The van der Waals surface area contributed by atoms with Crippen molar-refractivity contribution < 1.29 is 9.53 Å². The molecule has 0 bridgehead atoms. The first-order chi connectivity index (χ1) is 16.8. The van der Waals surface area contributed by atoms with Gasteiger partial charge in [0.05, 0.1) is 11.0 Å². The van der Waals surface area contributed by atoms with E-state index in [-0.39, 0.29) is 11.6 Å². The predicted octanol–water partition coefficient (Wildman–Crippen LogP) is 4.45. The van der Waals surface area contributed by atoms with E-state index in [2.05, 4.69) is 24.5 Å². The van der Waals surface area contributed by atoms with Gasteiger partial charge in [0.15, 0.2) is 0 Å². The Bertz CT molecular complexity index is 1380. The van der Waals surface area contributed by atoms with Crippen molar-refractivity contribution in [2.24, 2.45) is 20.0 Å². The molecule has 7 heteroatoms. The maximum atomic E-state index is 12.3. The van der Waals surface area contributed by atoms with Gasteiger partial charge < -0.3 is 15.4 Å². The van der Waals surface area contributed by atoms with Gasteiger partial charge in [0, 0.05) is 38.4 Å². The second kappa shape index (κ2) is 10.5. The Hall–Kier alpha value is -4.00. The smallest absolute Gasteiger partial charge is 0.328 e. The molecule has 0 aliphatic rings. The van der Waals surface area contributed by atoms with E-state index in [4.69, 9.17) is 4.74 Å². The molecule has 182 valence electrons. The Kier molecular flexibility index (Phi) is 7.25. The number of aryl methyl sites for hydroxylation is 2. The molecule has 35 heavy (non-hydrogen) atoms. The van der Waals surface area contributed by atoms with E-state index in [1.165, 1.54) is 0 Å². The second-order valence-electron chi connectivity index (χ2n) is 9.19. The van der Waals surface area contributed by atoms with Crippen LogP contribution in [0.4, 0.5) is 5.69 Å². The van der Waals surface area contributed by atoms with Crippen molar-refractivity contribution in [3.8, 4) is 5.75 Å². The molecule has 0 fully saturated rings. The van der Waals surface area contributed by atoms with E-state index in [1.54, 1.807) is 23.2 Å². The second-order valence-corrected chi connectivity index (χ2v) is 9.19. The van der Waals surface area contributed by atoms with Gasteiger partial charge in [0.1, 0.15) is 12.4 Å². The number of hydrogen-bond donors (Lipinski definition) is 2. The Labute approximate surface area is 205 Å². The highest BCUT2D eigenvalue weighted by Crippen LogP contribution is 2.19. The van der Waals surface area contributed by atoms with Crippen molar-refractivity contribution in [1.29, 1.82) is 0 Å². The van der Waals surface area contributed by atoms with E-state index in [0.29, 0.717) is 31.2 Å². The van der Waals surface area contributed by atoms with Crippen LogP contribution in [-0.4, -0.2) is 21.6 Å². The van der Waals surface area contributed by atoms with Crippen LogP contribution < -0.4 is 21.1 Å². The van der Waals surface area contributed by atoms with Gasteiger partial charge in [-0.3, -0.25) is 13.9 Å². The lowest BCUT2D eigenvalue weighted by atomic mass is 10.1. The number of imidazole rings is 1. The minimum Gasteiger partial charge on any atom is -0.489 e. The summed E-state index contributed by atoms with van der Waals surface area (Å²) in [6.45, 7) is 5.86. The summed E-state index contributed by atoms with van der Waals surface area (Å²) in [5.41, 5.74) is 5.40. The molecule has 0 saturated heterocycles. The molecule has 1 heterocycles. The lowest BCUT2D eigenvalue weighted by Gasteiger charge is -2.11. The highest BCUT2D eigenvalue weighted by atomic mass is 16.5. The fraction of sp³-hybridized carbons (Fsp3) is 0.286. The third-order valence-electron chi connectivity index (χ3n) is 5.96. The first-order valence-electron chi connectivity index (χ1n) is 11.8. The summed E-state index contributed by atoms with van der Waals surface area (Å²) < 4.78 is 9.25. The Balaban J connectivity index is 1.32. The topological polar surface area (TPSA) is 77.3 Å². The molecule has 4 aromatic rings. The zero-order valence-corrected chi connectivity index (χ0v) is 20.7. The number of carbonyl (C=O) groups is 1. The Morgan fingerprint density at radius 3 is 2.37 bits per heavy atom. The number of benzene rings is 3. The standard InChI is InChI=1S/C28H32N4O3/c1-19(2)16-30-27(33)22-6-5-7-23(15-22)29-17-20-8-11-24(12-9-20)35-18-21-10-13-25-26(14-21)32(4)28(34)31(25)3/h5-15,19,29H,16-18H2,1-4H3,(H,30,33). The molecule has 0 aliphatic heterocycles. The number of anilines is 1. The zero-order chi connectivity index (χ0) is 24.9. The number of rotatable bonds is 9. The average molecular weight is 473 g/mol. The van der Waals surface area contributed by atoms with Gasteiger partial charge >= 0.3 is 5.69 Å². The third kappa shape index (κ3) is 5.74. The van der Waals surface area contributed by atoms with Crippen molar-refractivity contribution in [3.63, 3.8) is 0 Å². The van der Waals surface area contributed by atoms with Gasteiger partial charge in [-0.1, -0.05) is 38.1 Å². The molecule has 0 radical (unpaired) electrons. The van der Waals surface area contributed by atoms with E-state index in [9.17, 15) is 9.59 Å². The highest BCUT2D eigenvalue weighted by Gasteiger charge is 2.09. The van der Waals surface area contributed by atoms with Crippen LogP contribution in [0.3, 0.4) is 0 Å². The number of hydrogen-bond acceptors (Lipinski definition) is 4. The monoisotopic (exact) mass is 472 g/mol. The molecule has 0 spiro atoms. The molecular formula is C28H32N4O3. The van der Waals surface area contributed by atoms with Crippen LogP contribution in [0.5, 0.6) is 5.75 Å². The van der Waals surface area contributed by atoms with Gasteiger partial charge in [-0.05, 0) is 59.5 Å². The van der Waals surface area contributed by atoms with E-state index < -0.39 is 0 Å². The first kappa shape index (κ1) is 24.1. The molecular weight excluding hydrogens is 440 g/mol. The number of nitrogens with zero attached hydrogens (tertiary/aromatic N) is 2. The first-order valence-corrected chi connectivity index (χ1v) is 11.8. The minimum absolute atomic E-state index is 0.0385. The fourth-order valence-electron chi connectivity index (χ4n) is 3.89. The lowest BCUT2D eigenvalue weighted by molar-refractivity contribution is 0.0949. The molecule has 2 N–H and O–H groups in total. The summed E-state index contributed by atoms with van der Waals surface area (Å²) in [7, 11) is 3.55. The van der Waals surface area contributed by atoms with Gasteiger partial charge in [0.25, 0.3) is 5.91 Å². The molecule has 0 saturated carbocycles. The molecule has 7 nitrogen and oxygen atoms in total. The predicted molar refractivity (Wildman–Crippen MR) is 140 cm³/mol. The van der Waals surface area contributed by atoms with Crippen LogP contribution in [0.2, 0.25) is 0 Å². The van der Waals surface area contributed by atoms with Gasteiger partial charge in [-0.2, -0.15) is 0 Å². The van der Waals surface area contributed by atoms with E-state index >= 15 is 0 Å². The van der Waals surface area contributed by atoms with Crippen molar-refractivity contribution in [2.75, 3.05) is 11.9 Å². The maximum Gasteiger partial charge on any atom is 0.328 e. The van der Waals surface area contributed by atoms with Gasteiger partial charge in [0.2, 0.25) is 0 Å². The number of carbonyl (C=O) groups excluding carboxylic acids is 1. The molecule has 3 aromatic carbocycles. The Morgan fingerprint density at radius 1 is 0.914 bits per heavy atom. The minimum atomic E-state index is -0.0579. The molecule has 0 unspecified atom stereocenters. The van der Waals surface area contributed by atoms with Gasteiger partial charge in [-0.25, -0.2) is 4.79 Å². The van der Waals surface area contributed by atoms with Crippen molar-refractivity contribution in [1.82, 2.24) is 14.5 Å². The zero-order valence-electron chi connectivity index (χ0n) is 20.7. The highest BCUT2D eigenvalue weighted by molar-refractivity contribution is 5.95. The quantitative estimate of drug-likeness (QED) is 0.377. The number of aromatic nitrogens is 2. The normalized spacial score (nSPS) is 11.1. The largest absolute Gasteiger partial charge is 0.489 e. The SMILES string of the molecule is CC(C)CNC(=O)c1cccc(NCc2ccc(OCc3ccc4c(c3)n(C)c(=O)n4C)cc2)c1.